The van der Waals surface area contributed by atoms with E-state index in [4.69, 9.17) is 0 Å². The molecule has 1 rings (SSSR count). The molecule has 0 aliphatic carbocycles. The molecule has 0 aromatic carbocycles. The molecule has 12 heavy (non-hydrogen) atoms. The van der Waals surface area contributed by atoms with Crippen LogP contribution in [0.25, 0.3) is 0 Å². The highest BCUT2D eigenvalue weighted by atomic mass is 79.9. The standard InChI is InChI=1S/C7H12BrN3.ClH/c1-9-4-3-7-6(8)5-11(2)10-7;/h5,9H,3-4H2,1-2H3;1H. The van der Waals surface area contributed by atoms with E-state index in [9.17, 15) is 0 Å². The maximum absolute atomic E-state index is 4.28. The zero-order valence-electron chi connectivity index (χ0n) is 7.17. The smallest absolute Gasteiger partial charge is 0.0779 e. The maximum atomic E-state index is 4.28. The average molecular weight is 255 g/mol. The highest BCUT2D eigenvalue weighted by Gasteiger charge is 2.02. The van der Waals surface area contributed by atoms with Crippen molar-refractivity contribution < 1.29 is 0 Å². The summed E-state index contributed by atoms with van der Waals surface area (Å²) < 4.78 is 2.91. The van der Waals surface area contributed by atoms with E-state index < -0.39 is 0 Å². The van der Waals surface area contributed by atoms with Crippen LogP contribution in [0, 0.1) is 0 Å². The number of aromatic nitrogens is 2. The van der Waals surface area contributed by atoms with Crippen molar-refractivity contribution in [2.45, 2.75) is 6.42 Å². The van der Waals surface area contributed by atoms with E-state index in [1.807, 2.05) is 25.0 Å². The van der Waals surface area contributed by atoms with Gasteiger partial charge in [-0.25, -0.2) is 0 Å². The summed E-state index contributed by atoms with van der Waals surface area (Å²) in [5.41, 5.74) is 1.11. The van der Waals surface area contributed by atoms with Gasteiger partial charge >= 0.3 is 0 Å². The lowest BCUT2D eigenvalue weighted by Crippen LogP contribution is -2.11. The number of halogens is 2. The SMILES string of the molecule is CNCCc1nn(C)cc1Br.Cl. The predicted molar refractivity (Wildman–Crippen MR) is 55.8 cm³/mol. The van der Waals surface area contributed by atoms with Crippen molar-refractivity contribution in [3.05, 3.63) is 16.4 Å². The Morgan fingerprint density at radius 3 is 2.75 bits per heavy atom. The minimum absolute atomic E-state index is 0. The fourth-order valence-electron chi connectivity index (χ4n) is 0.918. The average Bonchev–Trinajstić information content (AvgIpc) is 2.26. The molecule has 3 nitrogen and oxygen atoms in total. The Kier molecular flexibility index (Phi) is 5.53. The van der Waals surface area contributed by atoms with Crippen molar-refractivity contribution in [2.75, 3.05) is 13.6 Å². The Morgan fingerprint density at radius 2 is 2.33 bits per heavy atom. The molecular weight excluding hydrogens is 241 g/mol. The van der Waals surface area contributed by atoms with E-state index in [1.54, 1.807) is 0 Å². The lowest BCUT2D eigenvalue weighted by atomic mass is 10.3. The van der Waals surface area contributed by atoms with Crippen LogP contribution in [0.5, 0.6) is 0 Å². The van der Waals surface area contributed by atoms with Crippen molar-refractivity contribution >= 4 is 28.3 Å². The van der Waals surface area contributed by atoms with Crippen molar-refractivity contribution in [3.63, 3.8) is 0 Å². The summed E-state index contributed by atoms with van der Waals surface area (Å²) in [4.78, 5) is 0. The molecule has 0 aliphatic heterocycles. The van der Waals surface area contributed by atoms with Crippen LogP contribution in [0.15, 0.2) is 10.7 Å². The van der Waals surface area contributed by atoms with Gasteiger partial charge in [0.05, 0.1) is 10.2 Å². The number of likely N-dealkylation sites (N-methyl/N-ethyl adjacent to an activating group) is 1. The van der Waals surface area contributed by atoms with E-state index in [2.05, 4.69) is 26.3 Å². The predicted octanol–water partition coefficient (Wildman–Crippen LogP) is 1.37. The van der Waals surface area contributed by atoms with Crippen molar-refractivity contribution in [2.24, 2.45) is 7.05 Å². The van der Waals surface area contributed by atoms with Crippen molar-refractivity contribution in [1.82, 2.24) is 15.1 Å². The Morgan fingerprint density at radius 1 is 1.67 bits per heavy atom. The summed E-state index contributed by atoms with van der Waals surface area (Å²) in [6.45, 7) is 0.968. The van der Waals surface area contributed by atoms with Crippen LogP contribution in [0.3, 0.4) is 0 Å². The van der Waals surface area contributed by atoms with Gasteiger partial charge in [0.15, 0.2) is 0 Å². The molecule has 70 valence electrons. The summed E-state index contributed by atoms with van der Waals surface area (Å²) >= 11 is 3.44. The lowest BCUT2D eigenvalue weighted by Gasteiger charge is -1.94. The second-order valence-electron chi connectivity index (χ2n) is 2.45. The number of rotatable bonds is 3. The van der Waals surface area contributed by atoms with Crippen molar-refractivity contribution in [1.29, 1.82) is 0 Å². The Hall–Kier alpha value is -0.0600. The van der Waals surface area contributed by atoms with Crippen LogP contribution < -0.4 is 5.32 Å². The lowest BCUT2D eigenvalue weighted by molar-refractivity contribution is 0.716. The van der Waals surface area contributed by atoms with Gasteiger partial charge in [-0.2, -0.15) is 5.10 Å². The molecule has 0 saturated carbocycles. The summed E-state index contributed by atoms with van der Waals surface area (Å²) in [6, 6.07) is 0. The summed E-state index contributed by atoms with van der Waals surface area (Å²) in [5, 5.41) is 7.36. The first kappa shape index (κ1) is 11.9. The quantitative estimate of drug-likeness (QED) is 0.883. The molecule has 0 radical (unpaired) electrons. The summed E-state index contributed by atoms with van der Waals surface area (Å²) in [5.74, 6) is 0. The second-order valence-corrected chi connectivity index (χ2v) is 3.31. The van der Waals surface area contributed by atoms with E-state index in [0.29, 0.717) is 0 Å². The normalized spacial score (nSPS) is 9.58. The van der Waals surface area contributed by atoms with Gasteiger partial charge in [-0.05, 0) is 23.0 Å². The van der Waals surface area contributed by atoms with Crippen molar-refractivity contribution in [3.8, 4) is 0 Å². The molecule has 1 aromatic heterocycles. The highest BCUT2D eigenvalue weighted by Crippen LogP contribution is 2.13. The molecule has 0 fully saturated rings. The molecule has 0 atom stereocenters. The maximum Gasteiger partial charge on any atom is 0.0779 e. The molecule has 0 saturated heterocycles. The number of nitrogens with zero attached hydrogens (tertiary/aromatic N) is 2. The molecule has 0 bridgehead atoms. The third-order valence-corrected chi connectivity index (χ3v) is 2.13. The van der Waals surface area contributed by atoms with Gasteiger partial charge in [0, 0.05) is 26.2 Å². The van der Waals surface area contributed by atoms with Crippen LogP contribution in [-0.4, -0.2) is 23.4 Å². The first-order valence-electron chi connectivity index (χ1n) is 3.56. The first-order valence-corrected chi connectivity index (χ1v) is 4.36. The minimum atomic E-state index is 0. The van der Waals surface area contributed by atoms with Crippen LogP contribution in [0.4, 0.5) is 0 Å². The van der Waals surface area contributed by atoms with Gasteiger partial charge in [-0.15, -0.1) is 12.4 Å². The third-order valence-electron chi connectivity index (χ3n) is 1.47. The number of aryl methyl sites for hydroxylation is 1. The molecule has 0 spiro atoms. The number of hydrogen-bond acceptors (Lipinski definition) is 2. The third kappa shape index (κ3) is 3.13. The van der Waals surface area contributed by atoms with E-state index in [-0.39, 0.29) is 12.4 Å². The monoisotopic (exact) mass is 253 g/mol. The van der Waals surface area contributed by atoms with E-state index in [1.165, 1.54) is 0 Å². The summed E-state index contributed by atoms with van der Waals surface area (Å²) in [7, 11) is 3.87. The van der Waals surface area contributed by atoms with Gasteiger partial charge in [0.1, 0.15) is 0 Å². The molecule has 0 aliphatic rings. The van der Waals surface area contributed by atoms with E-state index in [0.717, 1.165) is 23.1 Å². The molecular formula is C7H13BrClN3. The molecule has 0 unspecified atom stereocenters. The zero-order valence-corrected chi connectivity index (χ0v) is 9.57. The van der Waals surface area contributed by atoms with Gasteiger partial charge < -0.3 is 5.32 Å². The first-order chi connectivity index (χ1) is 5.24. The summed E-state index contributed by atoms with van der Waals surface area (Å²) in [6.07, 6.45) is 2.93. The largest absolute Gasteiger partial charge is 0.319 e. The number of hydrogen-bond donors (Lipinski definition) is 1. The van der Waals surface area contributed by atoms with Gasteiger partial charge in [0.25, 0.3) is 0 Å². The van der Waals surface area contributed by atoms with Gasteiger partial charge in [-0.1, -0.05) is 0 Å². The molecule has 1 N–H and O–H groups in total. The van der Waals surface area contributed by atoms with E-state index >= 15 is 0 Å². The Balaban J connectivity index is 0.00000121. The molecule has 5 heteroatoms. The fourth-order valence-corrected chi connectivity index (χ4v) is 1.49. The Bertz CT molecular complexity index is 237. The minimum Gasteiger partial charge on any atom is -0.319 e. The second kappa shape index (κ2) is 5.56. The van der Waals surface area contributed by atoms with Gasteiger partial charge in [0.2, 0.25) is 0 Å². The van der Waals surface area contributed by atoms with Gasteiger partial charge in [-0.3, -0.25) is 4.68 Å². The molecule has 1 heterocycles. The van der Waals surface area contributed by atoms with Crippen LogP contribution in [0.1, 0.15) is 5.69 Å². The fraction of sp³-hybridized carbons (Fsp3) is 0.571. The zero-order chi connectivity index (χ0) is 8.27. The molecule has 1 aromatic rings. The highest BCUT2D eigenvalue weighted by molar-refractivity contribution is 9.10. The molecule has 0 amide bonds. The van der Waals surface area contributed by atoms with Crippen LogP contribution in [-0.2, 0) is 13.5 Å². The van der Waals surface area contributed by atoms with Crippen LogP contribution in [0.2, 0.25) is 0 Å². The van der Waals surface area contributed by atoms with Crippen LogP contribution >= 0.6 is 28.3 Å². The Labute approximate surface area is 87.1 Å². The number of nitrogens with one attached hydrogen (secondary N) is 1. The topological polar surface area (TPSA) is 29.9 Å².